The normalized spacial score (nSPS) is 11.9. The molecule has 0 saturated heterocycles. The first-order valence-corrected chi connectivity index (χ1v) is 9.09. The zero-order chi connectivity index (χ0) is 22.4. The Labute approximate surface area is 175 Å². The molecule has 0 amide bonds. The lowest BCUT2D eigenvalue weighted by Crippen LogP contribution is -2.10. The van der Waals surface area contributed by atoms with Gasteiger partial charge in [0.05, 0.1) is 17.5 Å². The van der Waals surface area contributed by atoms with Crippen LogP contribution in [0.3, 0.4) is 0 Å². The number of rotatable bonds is 8. The summed E-state index contributed by atoms with van der Waals surface area (Å²) >= 11 is 0. The molecular weight excluding hydrogens is 415 g/mol. The number of benzene rings is 2. The summed E-state index contributed by atoms with van der Waals surface area (Å²) in [6, 6.07) is 12.1. The summed E-state index contributed by atoms with van der Waals surface area (Å²) in [5, 5.41) is 14.1. The lowest BCUT2D eigenvalue weighted by Gasteiger charge is -2.09. The molecular formula is C22H18F3NO5. The molecule has 2 aromatic carbocycles. The summed E-state index contributed by atoms with van der Waals surface area (Å²) in [6.07, 6.45) is -3.01. The van der Waals surface area contributed by atoms with Gasteiger partial charge in [-0.3, -0.25) is 4.79 Å². The van der Waals surface area contributed by atoms with Gasteiger partial charge in [-0.2, -0.15) is 13.2 Å². The number of furan rings is 1. The number of carbonyl (C=O) groups excluding carboxylic acids is 1. The van der Waals surface area contributed by atoms with Crippen LogP contribution in [0.25, 0.3) is 0 Å². The van der Waals surface area contributed by atoms with Gasteiger partial charge in [-0.1, -0.05) is 17.3 Å². The molecule has 1 heterocycles. The fraction of sp³-hybridized carbons (Fsp3) is 0.182. The summed E-state index contributed by atoms with van der Waals surface area (Å²) in [4.78, 5) is 17.0. The first-order chi connectivity index (χ1) is 14.7. The number of aromatic hydroxyl groups is 1. The highest BCUT2D eigenvalue weighted by Crippen LogP contribution is 2.29. The molecule has 0 aliphatic carbocycles. The van der Waals surface area contributed by atoms with E-state index in [9.17, 15) is 23.1 Å². The van der Waals surface area contributed by atoms with Gasteiger partial charge in [-0.05, 0) is 48.9 Å². The van der Waals surface area contributed by atoms with Crippen LogP contribution in [-0.4, -0.2) is 23.2 Å². The Morgan fingerprint density at radius 1 is 1.13 bits per heavy atom. The highest BCUT2D eigenvalue weighted by atomic mass is 19.4. The number of nitrogens with zero attached hydrogens (tertiary/aromatic N) is 1. The van der Waals surface area contributed by atoms with Gasteiger partial charge in [-0.15, -0.1) is 0 Å². The number of alkyl halides is 3. The maximum Gasteiger partial charge on any atom is 0.416 e. The molecule has 162 valence electrons. The summed E-state index contributed by atoms with van der Waals surface area (Å²) in [5.74, 6) is -0.0288. The van der Waals surface area contributed by atoms with Crippen molar-refractivity contribution < 1.29 is 37.1 Å². The van der Waals surface area contributed by atoms with Gasteiger partial charge in [0.25, 0.3) is 0 Å². The van der Waals surface area contributed by atoms with Crippen molar-refractivity contribution in [1.82, 2.24) is 0 Å². The standard InChI is InChI=1S/C22H18F3NO5/c1-14(26-31-12-15-4-6-16(7-5-15)22(23,24)25)18-9-8-17(11-19(18)27)30-13-20(28)21-3-2-10-29-21/h2-11,27H,12-13H2,1H3. The zero-order valence-corrected chi connectivity index (χ0v) is 16.3. The van der Waals surface area contributed by atoms with Gasteiger partial charge in [0.2, 0.25) is 5.78 Å². The van der Waals surface area contributed by atoms with Crippen LogP contribution in [0.4, 0.5) is 13.2 Å². The molecule has 0 atom stereocenters. The van der Waals surface area contributed by atoms with Gasteiger partial charge >= 0.3 is 6.18 Å². The van der Waals surface area contributed by atoms with E-state index in [-0.39, 0.29) is 36.3 Å². The number of phenols is 1. The average molecular weight is 433 g/mol. The van der Waals surface area contributed by atoms with Crippen LogP contribution in [0.5, 0.6) is 11.5 Å². The summed E-state index contributed by atoms with van der Waals surface area (Å²) in [6.45, 7) is 1.31. The second-order valence-corrected chi connectivity index (χ2v) is 6.51. The molecule has 0 aliphatic rings. The van der Waals surface area contributed by atoms with Crippen molar-refractivity contribution in [2.75, 3.05) is 6.61 Å². The molecule has 0 saturated carbocycles. The highest BCUT2D eigenvalue weighted by molar-refractivity contribution is 6.00. The molecule has 0 aliphatic heterocycles. The molecule has 9 heteroatoms. The van der Waals surface area contributed by atoms with E-state index in [1.807, 2.05) is 0 Å². The number of hydrogen-bond donors (Lipinski definition) is 1. The van der Waals surface area contributed by atoms with E-state index < -0.39 is 11.7 Å². The van der Waals surface area contributed by atoms with Crippen LogP contribution in [-0.2, 0) is 17.6 Å². The first-order valence-electron chi connectivity index (χ1n) is 9.09. The number of phenolic OH excluding ortho intramolecular Hbond substituents is 1. The number of hydrogen-bond acceptors (Lipinski definition) is 6. The van der Waals surface area contributed by atoms with Crippen molar-refractivity contribution in [2.45, 2.75) is 19.7 Å². The minimum absolute atomic E-state index is 0.0354. The van der Waals surface area contributed by atoms with Gasteiger partial charge in [0.15, 0.2) is 12.4 Å². The predicted molar refractivity (Wildman–Crippen MR) is 105 cm³/mol. The van der Waals surface area contributed by atoms with Gasteiger partial charge in [0.1, 0.15) is 18.1 Å². The third-order valence-corrected chi connectivity index (χ3v) is 4.24. The lowest BCUT2D eigenvalue weighted by atomic mass is 10.1. The van der Waals surface area contributed by atoms with E-state index in [1.54, 1.807) is 25.1 Å². The van der Waals surface area contributed by atoms with E-state index in [0.717, 1.165) is 12.1 Å². The Bertz CT molecular complexity index is 1060. The second kappa shape index (κ2) is 9.38. The first kappa shape index (κ1) is 21.9. The zero-order valence-electron chi connectivity index (χ0n) is 16.3. The van der Waals surface area contributed by atoms with E-state index in [2.05, 4.69) is 5.16 Å². The van der Waals surface area contributed by atoms with E-state index in [4.69, 9.17) is 14.0 Å². The SMILES string of the molecule is CC(=NOCc1ccc(C(F)(F)F)cc1)c1ccc(OCC(=O)c2ccco2)cc1O. The quantitative estimate of drug-likeness (QED) is 0.300. The van der Waals surface area contributed by atoms with Gasteiger partial charge in [-0.25, -0.2) is 0 Å². The lowest BCUT2D eigenvalue weighted by molar-refractivity contribution is -0.137. The van der Waals surface area contributed by atoms with Crippen LogP contribution in [0.1, 0.15) is 34.2 Å². The summed E-state index contributed by atoms with van der Waals surface area (Å²) in [7, 11) is 0. The minimum atomic E-state index is -4.40. The third kappa shape index (κ3) is 5.88. The number of carbonyl (C=O) groups is 1. The molecule has 0 radical (unpaired) electrons. The maximum absolute atomic E-state index is 12.6. The Morgan fingerprint density at radius 3 is 2.48 bits per heavy atom. The Balaban J connectivity index is 1.56. The van der Waals surface area contributed by atoms with Crippen LogP contribution in [0, 0.1) is 0 Å². The van der Waals surface area contributed by atoms with Crippen molar-refractivity contribution >= 4 is 11.5 Å². The molecule has 1 N–H and O–H groups in total. The predicted octanol–water partition coefficient (Wildman–Crippen LogP) is 5.21. The minimum Gasteiger partial charge on any atom is -0.507 e. The maximum atomic E-state index is 12.6. The Hall–Kier alpha value is -3.75. The smallest absolute Gasteiger partial charge is 0.416 e. The van der Waals surface area contributed by atoms with Crippen molar-refractivity contribution in [2.24, 2.45) is 5.16 Å². The van der Waals surface area contributed by atoms with Crippen molar-refractivity contribution in [3.63, 3.8) is 0 Å². The molecule has 6 nitrogen and oxygen atoms in total. The Morgan fingerprint density at radius 2 is 1.87 bits per heavy atom. The fourth-order valence-electron chi connectivity index (χ4n) is 2.61. The van der Waals surface area contributed by atoms with E-state index >= 15 is 0 Å². The molecule has 1 aromatic heterocycles. The van der Waals surface area contributed by atoms with Crippen molar-refractivity contribution in [1.29, 1.82) is 0 Å². The largest absolute Gasteiger partial charge is 0.507 e. The van der Waals surface area contributed by atoms with Crippen molar-refractivity contribution in [3.8, 4) is 11.5 Å². The number of halogens is 3. The fourth-order valence-corrected chi connectivity index (χ4v) is 2.61. The summed E-state index contributed by atoms with van der Waals surface area (Å²) in [5.41, 5.74) is 0.493. The second-order valence-electron chi connectivity index (χ2n) is 6.51. The van der Waals surface area contributed by atoms with Crippen LogP contribution >= 0.6 is 0 Å². The number of ketones is 1. The van der Waals surface area contributed by atoms with E-state index in [0.29, 0.717) is 16.8 Å². The third-order valence-electron chi connectivity index (χ3n) is 4.24. The van der Waals surface area contributed by atoms with Crippen molar-refractivity contribution in [3.05, 3.63) is 83.3 Å². The molecule has 3 aromatic rings. The molecule has 0 unspecified atom stereocenters. The average Bonchev–Trinajstić information content (AvgIpc) is 3.27. The van der Waals surface area contributed by atoms with Gasteiger partial charge in [0, 0.05) is 11.6 Å². The molecule has 0 bridgehead atoms. The Kier molecular flexibility index (Phi) is 6.64. The number of Topliss-reactive ketones (excluding diaryl/α,β-unsaturated/α-hetero) is 1. The van der Waals surface area contributed by atoms with E-state index in [1.165, 1.54) is 30.5 Å². The monoisotopic (exact) mass is 433 g/mol. The highest BCUT2D eigenvalue weighted by Gasteiger charge is 2.29. The van der Waals surface area contributed by atoms with Crippen LogP contribution < -0.4 is 4.74 Å². The molecule has 0 spiro atoms. The molecule has 31 heavy (non-hydrogen) atoms. The topological polar surface area (TPSA) is 81.3 Å². The van der Waals surface area contributed by atoms with Crippen LogP contribution in [0.2, 0.25) is 0 Å². The van der Waals surface area contributed by atoms with Gasteiger partial charge < -0.3 is 19.1 Å². The number of ether oxygens (including phenoxy) is 1. The summed E-state index contributed by atoms with van der Waals surface area (Å²) < 4.78 is 48.1. The molecule has 0 fully saturated rings. The number of oxime groups is 1. The molecule has 3 rings (SSSR count). The van der Waals surface area contributed by atoms with Crippen LogP contribution in [0.15, 0.2) is 70.4 Å².